The van der Waals surface area contributed by atoms with Gasteiger partial charge < -0.3 is 0 Å². The summed E-state index contributed by atoms with van der Waals surface area (Å²) in [5.74, 6) is 0.266. The van der Waals surface area contributed by atoms with E-state index in [2.05, 4.69) is 25.7 Å². The van der Waals surface area contributed by atoms with E-state index in [9.17, 15) is 4.79 Å². The first kappa shape index (κ1) is 16.2. The van der Waals surface area contributed by atoms with Crippen LogP contribution >= 0.6 is 0 Å². The average Bonchev–Trinajstić information content (AvgIpc) is 2.71. The lowest BCUT2D eigenvalue weighted by Gasteiger charge is -2.36. The van der Waals surface area contributed by atoms with Crippen LogP contribution in [0.15, 0.2) is 30.3 Å². The highest BCUT2D eigenvalue weighted by atomic mass is 16.1. The van der Waals surface area contributed by atoms with Crippen LogP contribution in [0, 0.1) is 5.41 Å². The maximum atomic E-state index is 12.8. The minimum absolute atomic E-state index is 0.266. The Bertz CT molecular complexity index is 452. The molecule has 1 unspecified atom stereocenters. The highest BCUT2D eigenvalue weighted by molar-refractivity contribution is 6.00. The molecular formula is C19H29NO. The molecule has 0 N–H and O–H groups in total. The third-order valence-electron chi connectivity index (χ3n) is 4.72. The molecule has 1 saturated heterocycles. The molecule has 1 aliphatic heterocycles. The monoisotopic (exact) mass is 287 g/mol. The summed E-state index contributed by atoms with van der Waals surface area (Å²) in [6, 6.07) is 10.4. The molecule has 1 aromatic carbocycles. The number of benzene rings is 1. The van der Waals surface area contributed by atoms with Crippen molar-refractivity contribution < 1.29 is 4.79 Å². The summed E-state index contributed by atoms with van der Waals surface area (Å²) in [6.07, 6.45) is 6.41. The van der Waals surface area contributed by atoms with E-state index >= 15 is 0 Å². The zero-order valence-electron chi connectivity index (χ0n) is 13.8. The number of carbonyl (C=O) groups excluding carboxylic acids is 1. The van der Waals surface area contributed by atoms with Crippen LogP contribution in [0.2, 0.25) is 0 Å². The lowest BCUT2D eigenvalue weighted by Crippen LogP contribution is -2.44. The van der Waals surface area contributed by atoms with E-state index in [0.717, 1.165) is 18.7 Å². The van der Waals surface area contributed by atoms with E-state index in [1.165, 1.54) is 32.1 Å². The van der Waals surface area contributed by atoms with E-state index in [1.807, 2.05) is 30.3 Å². The van der Waals surface area contributed by atoms with Crippen LogP contribution in [0.1, 0.15) is 63.2 Å². The molecule has 1 heterocycles. The number of ketones is 1. The fraction of sp³-hybridized carbons (Fsp3) is 0.632. The van der Waals surface area contributed by atoms with E-state index in [4.69, 9.17) is 0 Å². The third-order valence-corrected chi connectivity index (χ3v) is 4.72. The number of carbonyl (C=O) groups is 1. The lowest BCUT2D eigenvalue weighted by molar-refractivity contribution is 0.0710. The van der Waals surface area contributed by atoms with Gasteiger partial charge in [-0.1, -0.05) is 63.9 Å². The zero-order valence-corrected chi connectivity index (χ0v) is 13.8. The average molecular weight is 287 g/mol. The van der Waals surface area contributed by atoms with Gasteiger partial charge in [0.25, 0.3) is 0 Å². The summed E-state index contributed by atoms with van der Waals surface area (Å²) >= 11 is 0. The predicted molar refractivity (Wildman–Crippen MR) is 88.7 cm³/mol. The van der Waals surface area contributed by atoms with Crippen molar-refractivity contribution in [1.29, 1.82) is 0 Å². The van der Waals surface area contributed by atoms with Crippen molar-refractivity contribution in [2.45, 2.75) is 58.9 Å². The van der Waals surface area contributed by atoms with Crippen LogP contribution in [-0.4, -0.2) is 29.8 Å². The lowest BCUT2D eigenvalue weighted by atomic mass is 9.83. The Balaban J connectivity index is 2.09. The fourth-order valence-corrected chi connectivity index (χ4v) is 3.47. The summed E-state index contributed by atoms with van der Waals surface area (Å²) in [4.78, 5) is 15.4. The Morgan fingerprint density at radius 1 is 1.19 bits per heavy atom. The molecule has 2 heteroatoms. The summed E-state index contributed by atoms with van der Waals surface area (Å²) in [5.41, 5.74) is 0.518. The molecule has 21 heavy (non-hydrogen) atoms. The van der Waals surface area contributed by atoms with Crippen LogP contribution in [0.5, 0.6) is 0 Å². The van der Waals surface area contributed by atoms with Crippen molar-refractivity contribution in [3.63, 3.8) is 0 Å². The molecule has 0 bridgehead atoms. The van der Waals surface area contributed by atoms with Gasteiger partial charge in [0.2, 0.25) is 0 Å². The van der Waals surface area contributed by atoms with Crippen molar-refractivity contribution in [1.82, 2.24) is 4.90 Å². The number of hydrogen-bond acceptors (Lipinski definition) is 2. The van der Waals surface area contributed by atoms with E-state index in [1.54, 1.807) is 0 Å². The second-order valence-corrected chi connectivity index (χ2v) is 6.96. The highest BCUT2D eigenvalue weighted by Crippen LogP contribution is 2.27. The van der Waals surface area contributed by atoms with Gasteiger partial charge in [0.1, 0.15) is 0 Å². The number of likely N-dealkylation sites (tertiary alicyclic amines) is 1. The molecule has 0 aromatic heterocycles. The van der Waals surface area contributed by atoms with Crippen LogP contribution < -0.4 is 0 Å². The van der Waals surface area contributed by atoms with Crippen LogP contribution in [0.4, 0.5) is 0 Å². The summed E-state index contributed by atoms with van der Waals surface area (Å²) in [7, 11) is 0. The van der Waals surface area contributed by atoms with Crippen molar-refractivity contribution in [3.8, 4) is 0 Å². The first-order valence-electron chi connectivity index (χ1n) is 8.38. The van der Waals surface area contributed by atoms with Gasteiger partial charge in [-0.25, -0.2) is 0 Å². The first-order chi connectivity index (χ1) is 10.0. The zero-order chi connectivity index (χ0) is 15.3. The molecular weight excluding hydrogens is 258 g/mol. The van der Waals surface area contributed by atoms with Gasteiger partial charge in [0.15, 0.2) is 5.78 Å². The van der Waals surface area contributed by atoms with Gasteiger partial charge in [-0.2, -0.15) is 0 Å². The normalized spacial score (nSPS) is 21.0. The Morgan fingerprint density at radius 3 is 2.57 bits per heavy atom. The van der Waals surface area contributed by atoms with Gasteiger partial charge in [0.05, 0.1) is 0 Å². The van der Waals surface area contributed by atoms with Crippen LogP contribution in [0.3, 0.4) is 0 Å². The number of nitrogens with zero attached hydrogens (tertiary/aromatic N) is 1. The number of Topliss-reactive ketones (excluding diaryl/α,β-unsaturated/α-hetero) is 1. The predicted octanol–water partition coefficient (Wildman–Crippen LogP) is 4.55. The van der Waals surface area contributed by atoms with Crippen molar-refractivity contribution in [2.24, 2.45) is 5.41 Å². The summed E-state index contributed by atoms with van der Waals surface area (Å²) in [6.45, 7) is 8.48. The molecule has 1 aromatic rings. The Labute approximate surface area is 129 Å². The molecule has 0 spiro atoms. The maximum Gasteiger partial charge on any atom is 0.169 e. The van der Waals surface area contributed by atoms with E-state index in [0.29, 0.717) is 6.04 Å². The molecule has 1 aliphatic rings. The second-order valence-electron chi connectivity index (χ2n) is 6.96. The molecule has 0 aliphatic carbocycles. The largest absolute Gasteiger partial charge is 0.299 e. The topological polar surface area (TPSA) is 20.3 Å². The van der Waals surface area contributed by atoms with Gasteiger partial charge in [-0.15, -0.1) is 0 Å². The minimum atomic E-state index is -0.320. The minimum Gasteiger partial charge on any atom is -0.299 e. The van der Waals surface area contributed by atoms with E-state index in [-0.39, 0.29) is 11.2 Å². The molecule has 116 valence electrons. The molecule has 1 atom stereocenters. The standard InChI is InChI=1S/C19H29NO/c1-4-17-13-9-6-10-14-20(17)15-19(2,3)18(21)16-11-7-5-8-12-16/h5,7-8,11-12,17H,4,6,9-10,13-15H2,1-3H3. The van der Waals surface area contributed by atoms with Crippen molar-refractivity contribution in [3.05, 3.63) is 35.9 Å². The third kappa shape index (κ3) is 4.16. The quantitative estimate of drug-likeness (QED) is 0.740. The van der Waals surface area contributed by atoms with Gasteiger partial charge in [-0.3, -0.25) is 9.69 Å². The van der Waals surface area contributed by atoms with Gasteiger partial charge >= 0.3 is 0 Å². The van der Waals surface area contributed by atoms with Crippen LogP contribution in [-0.2, 0) is 0 Å². The Morgan fingerprint density at radius 2 is 1.90 bits per heavy atom. The molecule has 1 fully saturated rings. The summed E-state index contributed by atoms with van der Waals surface area (Å²) < 4.78 is 0. The van der Waals surface area contributed by atoms with Gasteiger partial charge in [0, 0.05) is 23.6 Å². The van der Waals surface area contributed by atoms with Crippen LogP contribution in [0.25, 0.3) is 0 Å². The molecule has 0 amide bonds. The highest BCUT2D eigenvalue weighted by Gasteiger charge is 2.33. The number of hydrogen-bond donors (Lipinski definition) is 0. The molecule has 2 nitrogen and oxygen atoms in total. The Kier molecular flexibility index (Phi) is 5.58. The SMILES string of the molecule is CCC1CCCCCN1CC(C)(C)C(=O)c1ccccc1. The number of rotatable bonds is 5. The summed E-state index contributed by atoms with van der Waals surface area (Å²) in [5, 5.41) is 0. The molecule has 0 saturated carbocycles. The van der Waals surface area contributed by atoms with E-state index < -0.39 is 0 Å². The van der Waals surface area contributed by atoms with Gasteiger partial charge in [-0.05, 0) is 25.8 Å². The first-order valence-corrected chi connectivity index (χ1v) is 8.38. The molecule has 2 rings (SSSR count). The van der Waals surface area contributed by atoms with Crippen molar-refractivity contribution >= 4 is 5.78 Å². The fourth-order valence-electron chi connectivity index (χ4n) is 3.47. The van der Waals surface area contributed by atoms with Crippen molar-refractivity contribution in [2.75, 3.05) is 13.1 Å². The smallest absolute Gasteiger partial charge is 0.169 e. The maximum absolute atomic E-state index is 12.8. The Hall–Kier alpha value is -1.15. The second kappa shape index (κ2) is 7.22. The molecule has 0 radical (unpaired) electrons.